The van der Waals surface area contributed by atoms with Crippen molar-refractivity contribution in [3.63, 3.8) is 0 Å². The van der Waals surface area contributed by atoms with Gasteiger partial charge in [0.05, 0.1) is 5.69 Å². The van der Waals surface area contributed by atoms with Crippen molar-refractivity contribution < 1.29 is 0 Å². The fourth-order valence-electron chi connectivity index (χ4n) is 1.83. The van der Waals surface area contributed by atoms with Crippen LogP contribution in [0.3, 0.4) is 0 Å². The quantitative estimate of drug-likeness (QED) is 0.711. The molecule has 14 heavy (non-hydrogen) atoms. The third kappa shape index (κ3) is 2.33. The van der Waals surface area contributed by atoms with Crippen LogP contribution in [-0.2, 0) is 13.5 Å². The molecule has 1 saturated carbocycles. The minimum absolute atomic E-state index is 0.433. The SMILES string of the molecule is Cn1ccc(CCNC2CC(N)C2)n1. The molecule has 0 amide bonds. The molecule has 78 valence electrons. The molecule has 0 spiro atoms. The molecule has 1 aliphatic rings. The van der Waals surface area contributed by atoms with Crippen LogP contribution in [0, 0.1) is 0 Å². The monoisotopic (exact) mass is 194 g/mol. The van der Waals surface area contributed by atoms with E-state index in [4.69, 9.17) is 5.73 Å². The van der Waals surface area contributed by atoms with Crippen LogP contribution in [0.25, 0.3) is 0 Å². The van der Waals surface area contributed by atoms with Crippen molar-refractivity contribution in [2.45, 2.75) is 31.3 Å². The second-order valence-electron chi connectivity index (χ2n) is 4.11. The molecule has 0 radical (unpaired) electrons. The lowest BCUT2D eigenvalue weighted by atomic mass is 9.87. The summed E-state index contributed by atoms with van der Waals surface area (Å²) in [6.45, 7) is 1.01. The molecule has 1 heterocycles. The molecule has 0 unspecified atom stereocenters. The third-order valence-corrected chi connectivity index (χ3v) is 2.76. The van der Waals surface area contributed by atoms with E-state index in [0.717, 1.165) is 31.5 Å². The van der Waals surface area contributed by atoms with Crippen LogP contribution in [0.5, 0.6) is 0 Å². The molecule has 1 aliphatic carbocycles. The summed E-state index contributed by atoms with van der Waals surface area (Å²) in [6, 6.07) is 3.14. The van der Waals surface area contributed by atoms with Crippen molar-refractivity contribution in [2.24, 2.45) is 12.8 Å². The highest BCUT2D eigenvalue weighted by molar-refractivity contribution is 4.99. The smallest absolute Gasteiger partial charge is 0.0637 e. The number of nitrogens with zero attached hydrogens (tertiary/aromatic N) is 2. The zero-order valence-electron chi connectivity index (χ0n) is 8.61. The first kappa shape index (κ1) is 9.68. The van der Waals surface area contributed by atoms with E-state index in [1.165, 1.54) is 0 Å². The highest BCUT2D eigenvalue weighted by atomic mass is 15.2. The van der Waals surface area contributed by atoms with Crippen molar-refractivity contribution >= 4 is 0 Å². The lowest BCUT2D eigenvalue weighted by Gasteiger charge is -2.33. The average molecular weight is 194 g/mol. The second kappa shape index (κ2) is 4.11. The summed E-state index contributed by atoms with van der Waals surface area (Å²) in [5.41, 5.74) is 6.86. The fourth-order valence-corrected chi connectivity index (χ4v) is 1.83. The molecule has 2 rings (SSSR count). The standard InChI is InChI=1S/C10H18N4/c1-14-5-3-9(13-14)2-4-12-10-6-8(11)7-10/h3,5,8,10,12H,2,4,6-7,11H2,1H3. The molecule has 0 atom stereocenters. The summed E-state index contributed by atoms with van der Waals surface area (Å²) in [5, 5.41) is 7.80. The Balaban J connectivity index is 1.63. The van der Waals surface area contributed by atoms with Gasteiger partial charge in [-0.15, -0.1) is 0 Å². The molecule has 4 nitrogen and oxygen atoms in total. The van der Waals surface area contributed by atoms with Gasteiger partial charge in [-0.2, -0.15) is 5.10 Å². The Labute approximate surface area is 84.5 Å². The number of hydrogen-bond donors (Lipinski definition) is 2. The average Bonchev–Trinajstić information content (AvgIpc) is 2.48. The predicted octanol–water partition coefficient (Wildman–Crippen LogP) is 0.0419. The van der Waals surface area contributed by atoms with Crippen molar-refractivity contribution in [2.75, 3.05) is 6.54 Å². The molecule has 4 heteroatoms. The lowest BCUT2D eigenvalue weighted by Crippen LogP contribution is -2.48. The highest BCUT2D eigenvalue weighted by Gasteiger charge is 2.24. The third-order valence-electron chi connectivity index (χ3n) is 2.76. The minimum Gasteiger partial charge on any atom is -0.328 e. The van der Waals surface area contributed by atoms with Gasteiger partial charge >= 0.3 is 0 Å². The molecule has 3 N–H and O–H groups in total. The van der Waals surface area contributed by atoms with E-state index in [0.29, 0.717) is 12.1 Å². The van der Waals surface area contributed by atoms with Crippen LogP contribution in [0.2, 0.25) is 0 Å². The maximum atomic E-state index is 5.70. The van der Waals surface area contributed by atoms with Gasteiger partial charge in [-0.1, -0.05) is 0 Å². The van der Waals surface area contributed by atoms with Gasteiger partial charge in [0, 0.05) is 38.3 Å². The number of hydrogen-bond acceptors (Lipinski definition) is 3. The number of nitrogens with one attached hydrogen (secondary N) is 1. The normalized spacial score (nSPS) is 26.1. The molecular formula is C10H18N4. The van der Waals surface area contributed by atoms with E-state index in [9.17, 15) is 0 Å². The molecular weight excluding hydrogens is 176 g/mol. The number of nitrogens with two attached hydrogens (primary N) is 1. The van der Waals surface area contributed by atoms with Gasteiger partial charge in [-0.05, 0) is 18.9 Å². The topological polar surface area (TPSA) is 55.9 Å². The Morgan fingerprint density at radius 2 is 2.43 bits per heavy atom. The summed E-state index contributed by atoms with van der Waals surface area (Å²) in [6.07, 6.45) is 5.24. The summed E-state index contributed by atoms with van der Waals surface area (Å²) in [7, 11) is 1.95. The van der Waals surface area contributed by atoms with Gasteiger partial charge in [0.15, 0.2) is 0 Å². The van der Waals surface area contributed by atoms with Gasteiger partial charge in [-0.25, -0.2) is 0 Å². The first-order valence-corrected chi connectivity index (χ1v) is 5.21. The van der Waals surface area contributed by atoms with E-state index < -0.39 is 0 Å². The molecule has 1 fully saturated rings. The predicted molar refractivity (Wildman–Crippen MR) is 55.9 cm³/mol. The molecule has 0 saturated heterocycles. The van der Waals surface area contributed by atoms with Gasteiger partial charge in [0.1, 0.15) is 0 Å². The van der Waals surface area contributed by atoms with Crippen LogP contribution in [0.1, 0.15) is 18.5 Å². The van der Waals surface area contributed by atoms with Gasteiger partial charge < -0.3 is 11.1 Å². The molecule has 1 aromatic rings. The summed E-state index contributed by atoms with van der Waals surface area (Å²) >= 11 is 0. The molecule has 0 aromatic carbocycles. The van der Waals surface area contributed by atoms with Gasteiger partial charge in [-0.3, -0.25) is 4.68 Å². The zero-order chi connectivity index (χ0) is 9.97. The van der Waals surface area contributed by atoms with E-state index in [-0.39, 0.29) is 0 Å². The van der Waals surface area contributed by atoms with E-state index in [2.05, 4.69) is 16.5 Å². The summed E-state index contributed by atoms with van der Waals surface area (Å²) in [4.78, 5) is 0. The first-order valence-electron chi connectivity index (χ1n) is 5.21. The number of aryl methyl sites for hydroxylation is 1. The Hall–Kier alpha value is -0.870. The van der Waals surface area contributed by atoms with Gasteiger partial charge in [0.2, 0.25) is 0 Å². The van der Waals surface area contributed by atoms with Crippen LogP contribution in [-0.4, -0.2) is 28.4 Å². The zero-order valence-corrected chi connectivity index (χ0v) is 8.61. The van der Waals surface area contributed by atoms with Crippen LogP contribution < -0.4 is 11.1 Å². The molecule has 0 aliphatic heterocycles. The van der Waals surface area contributed by atoms with E-state index in [1.807, 2.05) is 17.9 Å². The van der Waals surface area contributed by atoms with Crippen LogP contribution in [0.4, 0.5) is 0 Å². The van der Waals surface area contributed by atoms with Crippen molar-refractivity contribution in [1.29, 1.82) is 0 Å². The van der Waals surface area contributed by atoms with Gasteiger partial charge in [0.25, 0.3) is 0 Å². The lowest BCUT2D eigenvalue weighted by molar-refractivity contribution is 0.293. The fraction of sp³-hybridized carbons (Fsp3) is 0.700. The highest BCUT2D eigenvalue weighted by Crippen LogP contribution is 2.16. The Morgan fingerprint density at radius 1 is 1.64 bits per heavy atom. The second-order valence-corrected chi connectivity index (χ2v) is 4.11. The van der Waals surface area contributed by atoms with E-state index in [1.54, 1.807) is 0 Å². The van der Waals surface area contributed by atoms with Crippen molar-refractivity contribution in [1.82, 2.24) is 15.1 Å². The van der Waals surface area contributed by atoms with Crippen molar-refractivity contribution in [3.8, 4) is 0 Å². The van der Waals surface area contributed by atoms with Crippen molar-refractivity contribution in [3.05, 3.63) is 18.0 Å². The largest absolute Gasteiger partial charge is 0.328 e. The Morgan fingerprint density at radius 3 is 3.00 bits per heavy atom. The Bertz CT molecular complexity index is 288. The first-order chi connectivity index (χ1) is 6.74. The molecule has 1 aromatic heterocycles. The number of rotatable bonds is 4. The Kier molecular flexibility index (Phi) is 2.84. The maximum Gasteiger partial charge on any atom is 0.0637 e. The van der Waals surface area contributed by atoms with E-state index >= 15 is 0 Å². The summed E-state index contributed by atoms with van der Waals surface area (Å²) in [5.74, 6) is 0. The minimum atomic E-state index is 0.433. The molecule has 0 bridgehead atoms. The van der Waals surface area contributed by atoms with Crippen LogP contribution in [0.15, 0.2) is 12.3 Å². The number of aromatic nitrogens is 2. The summed E-state index contributed by atoms with van der Waals surface area (Å²) < 4.78 is 1.84. The maximum absolute atomic E-state index is 5.70. The van der Waals surface area contributed by atoms with Crippen LogP contribution >= 0.6 is 0 Å².